The second-order valence-corrected chi connectivity index (χ2v) is 6.52. The largest absolute Gasteiger partial charge is 0.319 e. The van der Waals surface area contributed by atoms with Crippen LogP contribution in [0.25, 0.3) is 0 Å². The van der Waals surface area contributed by atoms with Crippen molar-refractivity contribution in [2.24, 2.45) is 0 Å². The molecule has 25 heavy (non-hydrogen) atoms. The van der Waals surface area contributed by atoms with Gasteiger partial charge in [0, 0.05) is 27.2 Å². The van der Waals surface area contributed by atoms with Gasteiger partial charge in [0.2, 0.25) is 5.91 Å². The molecule has 0 aliphatic heterocycles. The lowest BCUT2D eigenvalue weighted by molar-refractivity contribution is -0.383. The number of amides is 1. The molecule has 2 rings (SSSR count). The molecule has 0 unspecified atom stereocenters. The highest BCUT2D eigenvalue weighted by molar-refractivity contribution is 6.35. The third-order valence-electron chi connectivity index (χ3n) is 3.43. The van der Waals surface area contributed by atoms with E-state index >= 15 is 0 Å². The summed E-state index contributed by atoms with van der Waals surface area (Å²) in [4.78, 5) is 22.5. The molecule has 2 N–H and O–H groups in total. The average molecular weight is 403 g/mol. The van der Waals surface area contributed by atoms with Gasteiger partial charge in [0.1, 0.15) is 5.69 Å². The lowest BCUT2D eigenvalue weighted by Crippen LogP contribution is -2.30. The zero-order valence-corrected chi connectivity index (χ0v) is 15.3. The number of rotatable bonds is 6. The summed E-state index contributed by atoms with van der Waals surface area (Å²) in [5.74, 6) is -0.428. The van der Waals surface area contributed by atoms with Crippen molar-refractivity contribution in [2.75, 3.05) is 11.9 Å². The molecule has 0 saturated heterocycles. The average Bonchev–Trinajstić information content (AvgIpc) is 2.54. The first-order valence-corrected chi connectivity index (χ1v) is 8.33. The maximum atomic E-state index is 12.1. The van der Waals surface area contributed by atoms with Gasteiger partial charge in [0.25, 0.3) is 5.69 Å². The number of nitro benzene ring substituents is 1. The normalized spacial score (nSPS) is 11.8. The molecular formula is C16H14Cl3N3O3. The van der Waals surface area contributed by atoms with Crippen molar-refractivity contribution in [2.45, 2.75) is 13.0 Å². The van der Waals surface area contributed by atoms with Gasteiger partial charge in [-0.05, 0) is 36.8 Å². The van der Waals surface area contributed by atoms with Crippen LogP contribution in [-0.2, 0) is 4.79 Å². The summed E-state index contributed by atoms with van der Waals surface area (Å²) in [5.41, 5.74) is 0.601. The maximum Gasteiger partial charge on any atom is 0.294 e. The molecule has 0 spiro atoms. The SMILES string of the molecule is C[C@@H](NCC(=O)Nc1ccc(Cl)cc1[N+](=O)[O-])c1ccc(Cl)cc1Cl. The van der Waals surface area contributed by atoms with Crippen molar-refractivity contribution in [3.05, 3.63) is 67.1 Å². The van der Waals surface area contributed by atoms with E-state index in [0.717, 1.165) is 5.56 Å². The molecule has 9 heteroatoms. The van der Waals surface area contributed by atoms with Crippen LogP contribution in [0.2, 0.25) is 15.1 Å². The van der Waals surface area contributed by atoms with Gasteiger partial charge in [-0.2, -0.15) is 0 Å². The van der Waals surface area contributed by atoms with Crippen LogP contribution in [0.4, 0.5) is 11.4 Å². The fourth-order valence-electron chi connectivity index (χ4n) is 2.16. The summed E-state index contributed by atoms with van der Waals surface area (Å²) in [5, 5.41) is 17.7. The van der Waals surface area contributed by atoms with E-state index in [0.29, 0.717) is 10.0 Å². The lowest BCUT2D eigenvalue weighted by Gasteiger charge is -2.16. The van der Waals surface area contributed by atoms with Crippen molar-refractivity contribution < 1.29 is 9.72 Å². The van der Waals surface area contributed by atoms with Crippen molar-refractivity contribution >= 4 is 52.1 Å². The topological polar surface area (TPSA) is 84.3 Å². The van der Waals surface area contributed by atoms with Crippen LogP contribution >= 0.6 is 34.8 Å². The Morgan fingerprint density at radius 3 is 2.44 bits per heavy atom. The van der Waals surface area contributed by atoms with Crippen LogP contribution in [0.15, 0.2) is 36.4 Å². The summed E-state index contributed by atoms with van der Waals surface area (Å²) >= 11 is 17.7. The van der Waals surface area contributed by atoms with E-state index in [4.69, 9.17) is 34.8 Å². The Kier molecular flexibility index (Phi) is 6.61. The summed E-state index contributed by atoms with van der Waals surface area (Å²) in [6.45, 7) is 1.78. The molecule has 0 saturated carbocycles. The van der Waals surface area contributed by atoms with Gasteiger partial charge in [-0.15, -0.1) is 0 Å². The van der Waals surface area contributed by atoms with Gasteiger partial charge in [0.15, 0.2) is 0 Å². The molecule has 0 aliphatic carbocycles. The van der Waals surface area contributed by atoms with E-state index in [2.05, 4.69) is 10.6 Å². The zero-order valence-electron chi connectivity index (χ0n) is 13.1. The molecule has 1 amide bonds. The van der Waals surface area contributed by atoms with Crippen molar-refractivity contribution in [1.29, 1.82) is 0 Å². The molecule has 0 fully saturated rings. The van der Waals surface area contributed by atoms with E-state index in [9.17, 15) is 14.9 Å². The number of nitro groups is 1. The van der Waals surface area contributed by atoms with Gasteiger partial charge in [-0.3, -0.25) is 14.9 Å². The third-order valence-corrected chi connectivity index (χ3v) is 4.23. The first-order chi connectivity index (χ1) is 11.8. The van der Waals surface area contributed by atoms with Crippen LogP contribution in [-0.4, -0.2) is 17.4 Å². The molecule has 0 heterocycles. The standard InChI is InChI=1S/C16H14Cl3N3O3/c1-9(12-4-2-10(17)6-13(12)19)20-8-16(23)21-14-5-3-11(18)7-15(14)22(24)25/h2-7,9,20H,8H2,1H3,(H,21,23)/t9-/m1/s1. The summed E-state index contributed by atoms with van der Waals surface area (Å²) in [7, 11) is 0. The first-order valence-electron chi connectivity index (χ1n) is 7.20. The summed E-state index contributed by atoms with van der Waals surface area (Å²) < 4.78 is 0. The number of hydrogen-bond acceptors (Lipinski definition) is 4. The van der Waals surface area contributed by atoms with Crippen LogP contribution in [0.1, 0.15) is 18.5 Å². The van der Waals surface area contributed by atoms with Crippen molar-refractivity contribution in [1.82, 2.24) is 5.32 Å². The molecule has 6 nitrogen and oxygen atoms in total. The Morgan fingerprint density at radius 2 is 1.80 bits per heavy atom. The Balaban J connectivity index is 2.00. The monoisotopic (exact) mass is 401 g/mol. The Morgan fingerprint density at radius 1 is 1.16 bits per heavy atom. The highest BCUT2D eigenvalue weighted by Crippen LogP contribution is 2.28. The number of nitrogens with one attached hydrogen (secondary N) is 2. The van der Waals surface area contributed by atoms with Crippen LogP contribution < -0.4 is 10.6 Å². The van der Waals surface area contributed by atoms with E-state index < -0.39 is 10.8 Å². The van der Waals surface area contributed by atoms with E-state index in [1.54, 1.807) is 18.2 Å². The number of anilines is 1. The molecule has 2 aromatic carbocycles. The van der Waals surface area contributed by atoms with Gasteiger partial charge >= 0.3 is 0 Å². The number of benzene rings is 2. The van der Waals surface area contributed by atoms with Crippen LogP contribution in [0.3, 0.4) is 0 Å². The van der Waals surface area contributed by atoms with Crippen LogP contribution in [0, 0.1) is 10.1 Å². The summed E-state index contributed by atoms with van der Waals surface area (Å²) in [6, 6.07) is 8.92. The molecule has 0 radical (unpaired) electrons. The van der Waals surface area contributed by atoms with Crippen molar-refractivity contribution in [3.8, 4) is 0 Å². The predicted molar refractivity (Wildman–Crippen MR) is 99.6 cm³/mol. The fourth-order valence-corrected chi connectivity index (χ4v) is 2.90. The van der Waals surface area contributed by atoms with Crippen LogP contribution in [0.5, 0.6) is 0 Å². The zero-order chi connectivity index (χ0) is 18.6. The Bertz CT molecular complexity index is 814. The maximum absolute atomic E-state index is 12.1. The first kappa shape index (κ1) is 19.5. The highest BCUT2D eigenvalue weighted by Gasteiger charge is 2.17. The minimum absolute atomic E-state index is 0.0557. The highest BCUT2D eigenvalue weighted by atomic mass is 35.5. The molecule has 0 aromatic heterocycles. The van der Waals surface area contributed by atoms with E-state index in [1.165, 1.54) is 18.2 Å². The number of halogens is 3. The fraction of sp³-hybridized carbons (Fsp3) is 0.188. The predicted octanol–water partition coefficient (Wildman–Crippen LogP) is 4.84. The number of nitrogens with zero attached hydrogens (tertiary/aromatic N) is 1. The molecular weight excluding hydrogens is 389 g/mol. The minimum atomic E-state index is -0.606. The third kappa shape index (κ3) is 5.31. The second kappa shape index (κ2) is 8.49. The summed E-state index contributed by atoms with van der Waals surface area (Å²) in [6.07, 6.45) is 0. The van der Waals surface area contributed by atoms with E-state index in [1.807, 2.05) is 6.92 Å². The van der Waals surface area contributed by atoms with Gasteiger partial charge in [0.05, 0.1) is 11.5 Å². The lowest BCUT2D eigenvalue weighted by atomic mass is 10.1. The second-order valence-electron chi connectivity index (χ2n) is 5.24. The molecule has 1 atom stereocenters. The number of hydrogen-bond donors (Lipinski definition) is 2. The minimum Gasteiger partial charge on any atom is -0.319 e. The van der Waals surface area contributed by atoms with Gasteiger partial charge < -0.3 is 10.6 Å². The number of carbonyl (C=O) groups excluding carboxylic acids is 1. The Hall–Kier alpha value is -1.86. The van der Waals surface area contributed by atoms with Gasteiger partial charge in [-0.25, -0.2) is 0 Å². The molecule has 132 valence electrons. The molecule has 0 aliphatic rings. The Labute approximate surface area is 159 Å². The van der Waals surface area contributed by atoms with Crippen molar-refractivity contribution in [3.63, 3.8) is 0 Å². The molecule has 2 aromatic rings. The number of carbonyl (C=O) groups is 1. The smallest absolute Gasteiger partial charge is 0.294 e. The van der Waals surface area contributed by atoms with Gasteiger partial charge in [-0.1, -0.05) is 40.9 Å². The van der Waals surface area contributed by atoms with E-state index in [-0.39, 0.29) is 29.0 Å². The quantitative estimate of drug-likeness (QED) is 0.534. The molecule has 0 bridgehead atoms.